The molecule has 1 unspecified atom stereocenters. The highest BCUT2D eigenvalue weighted by Gasteiger charge is 2.65. The van der Waals surface area contributed by atoms with Gasteiger partial charge in [0, 0.05) is 23.0 Å². The maximum absolute atomic E-state index is 14.2. The van der Waals surface area contributed by atoms with Crippen LogP contribution in [0.4, 0.5) is 5.69 Å². The molecule has 196 valence electrons. The Kier molecular flexibility index (Phi) is 6.85. The van der Waals surface area contributed by atoms with Crippen LogP contribution in [0.2, 0.25) is 5.02 Å². The highest BCUT2D eigenvalue weighted by Crippen LogP contribution is 2.57. The average molecular weight is 529 g/mol. The molecular weight excluding hydrogens is 496 g/mol. The fourth-order valence-corrected chi connectivity index (χ4v) is 7.29. The van der Waals surface area contributed by atoms with Crippen molar-refractivity contribution in [1.29, 1.82) is 0 Å². The Hall–Kier alpha value is -2.99. The number of ketones is 1. The molecular formula is C32H33ClN2O3. The van der Waals surface area contributed by atoms with E-state index in [9.17, 15) is 14.7 Å². The van der Waals surface area contributed by atoms with Gasteiger partial charge in [-0.25, -0.2) is 0 Å². The lowest BCUT2D eigenvalue weighted by Gasteiger charge is -2.35. The number of Topliss-reactive ketones (excluding diaryl/α,β-unsaturated/α-hetero) is 1. The Morgan fingerprint density at radius 2 is 1.63 bits per heavy atom. The number of aliphatic hydroxyl groups is 1. The highest BCUT2D eigenvalue weighted by molar-refractivity contribution is 6.31. The third kappa shape index (κ3) is 4.37. The normalized spacial score (nSPS) is 30.3. The summed E-state index contributed by atoms with van der Waals surface area (Å²) in [5.41, 5.74) is 2.73. The first-order chi connectivity index (χ1) is 18.5. The highest BCUT2D eigenvalue weighted by atomic mass is 35.5. The zero-order valence-corrected chi connectivity index (χ0v) is 22.0. The summed E-state index contributed by atoms with van der Waals surface area (Å²) in [6.45, 7) is 0. The molecule has 3 N–H and O–H groups in total. The molecule has 1 amide bonds. The number of carbonyl (C=O) groups is 2. The number of nitrogens with one attached hydrogen (secondary N) is 2. The molecule has 3 aromatic rings. The first kappa shape index (κ1) is 25.3. The number of carbonyl (C=O) groups excluding carboxylic acids is 2. The van der Waals surface area contributed by atoms with Crippen LogP contribution in [0.3, 0.4) is 0 Å². The summed E-state index contributed by atoms with van der Waals surface area (Å²) in [6, 6.07) is 24.9. The summed E-state index contributed by atoms with van der Waals surface area (Å²) >= 11 is 6.34. The Bertz CT molecular complexity index is 1320. The summed E-state index contributed by atoms with van der Waals surface area (Å²) < 4.78 is 0. The molecule has 1 aliphatic carbocycles. The topological polar surface area (TPSA) is 78.4 Å². The Balaban J connectivity index is 1.47. The third-order valence-electron chi connectivity index (χ3n) is 8.92. The second-order valence-electron chi connectivity index (χ2n) is 11.1. The van der Waals surface area contributed by atoms with E-state index in [1.165, 1.54) is 0 Å². The van der Waals surface area contributed by atoms with E-state index in [1.807, 2.05) is 66.7 Å². The molecule has 1 spiro atoms. The number of hydrogen-bond donors (Lipinski definition) is 3. The van der Waals surface area contributed by atoms with Crippen LogP contribution in [0.1, 0.15) is 54.8 Å². The zero-order valence-electron chi connectivity index (χ0n) is 21.3. The second-order valence-corrected chi connectivity index (χ2v) is 11.6. The van der Waals surface area contributed by atoms with Gasteiger partial charge in [0.05, 0.1) is 18.2 Å². The Labute approximate surface area is 228 Å². The Morgan fingerprint density at radius 3 is 2.34 bits per heavy atom. The van der Waals surface area contributed by atoms with Gasteiger partial charge in [-0.2, -0.15) is 0 Å². The molecule has 3 aliphatic rings. The van der Waals surface area contributed by atoms with Crippen molar-refractivity contribution in [3.8, 4) is 0 Å². The lowest BCUT2D eigenvalue weighted by Crippen LogP contribution is -2.46. The minimum atomic E-state index is -0.972. The molecule has 2 heterocycles. The summed E-state index contributed by atoms with van der Waals surface area (Å²) in [5, 5.41) is 17.4. The van der Waals surface area contributed by atoms with E-state index in [-0.39, 0.29) is 35.7 Å². The van der Waals surface area contributed by atoms with Crippen molar-refractivity contribution in [2.45, 2.75) is 62.1 Å². The number of rotatable bonds is 6. The molecule has 0 bridgehead atoms. The molecule has 3 aromatic carbocycles. The third-order valence-corrected chi connectivity index (χ3v) is 9.16. The van der Waals surface area contributed by atoms with Gasteiger partial charge in [0.15, 0.2) is 0 Å². The second kappa shape index (κ2) is 10.3. The number of amides is 1. The van der Waals surface area contributed by atoms with Gasteiger partial charge in [-0.15, -0.1) is 0 Å². The number of halogens is 1. The molecule has 5 nitrogen and oxygen atoms in total. The molecule has 6 rings (SSSR count). The largest absolute Gasteiger partial charge is 0.393 e. The number of hydrogen-bond acceptors (Lipinski definition) is 4. The lowest BCUT2D eigenvalue weighted by atomic mass is 9.63. The number of anilines is 1. The van der Waals surface area contributed by atoms with Crippen molar-refractivity contribution in [3.05, 3.63) is 101 Å². The van der Waals surface area contributed by atoms with Crippen molar-refractivity contribution in [1.82, 2.24) is 5.32 Å². The van der Waals surface area contributed by atoms with Crippen LogP contribution in [-0.4, -0.2) is 28.9 Å². The van der Waals surface area contributed by atoms with Crippen LogP contribution in [0.15, 0.2) is 78.9 Å². The smallest absolute Gasteiger partial charge is 0.237 e. The molecule has 0 aromatic heterocycles. The van der Waals surface area contributed by atoms with Crippen molar-refractivity contribution >= 4 is 29.0 Å². The monoisotopic (exact) mass is 528 g/mol. The molecule has 4 atom stereocenters. The predicted molar refractivity (Wildman–Crippen MR) is 149 cm³/mol. The summed E-state index contributed by atoms with van der Waals surface area (Å²) in [7, 11) is 0. The van der Waals surface area contributed by atoms with E-state index in [1.54, 1.807) is 0 Å². The van der Waals surface area contributed by atoms with Crippen molar-refractivity contribution in [2.24, 2.45) is 11.8 Å². The minimum Gasteiger partial charge on any atom is -0.393 e. The number of benzene rings is 3. The van der Waals surface area contributed by atoms with Crippen LogP contribution in [0.25, 0.3) is 0 Å². The van der Waals surface area contributed by atoms with Gasteiger partial charge in [0.25, 0.3) is 0 Å². The summed E-state index contributed by atoms with van der Waals surface area (Å²) in [6.07, 6.45) is 4.01. The fourth-order valence-electron chi connectivity index (χ4n) is 7.12. The number of aliphatic hydroxyl groups excluding tert-OH is 1. The van der Waals surface area contributed by atoms with Crippen LogP contribution >= 0.6 is 11.6 Å². The standard InChI is InChI=1S/C32H33ClN2O3/c33-23-13-16-25-27(19-23)34-31(38)32(25)26(17-20-7-3-1-4-8-20)29(35-30(32)22-9-5-2-6-10-22)28(37)18-21-11-14-24(36)15-12-21/h1-10,13,16,19,21,24,26,29-30,35-36H,11-12,14-15,17-18H2,(H,34,38)/t21?,24?,26?,29-,30+,32+/m1/s1. The van der Waals surface area contributed by atoms with Gasteiger partial charge >= 0.3 is 0 Å². The van der Waals surface area contributed by atoms with Gasteiger partial charge in [0.1, 0.15) is 11.2 Å². The van der Waals surface area contributed by atoms with Crippen LogP contribution in [-0.2, 0) is 21.4 Å². The lowest BCUT2D eigenvalue weighted by molar-refractivity contribution is -0.124. The first-order valence-corrected chi connectivity index (χ1v) is 14.0. The predicted octanol–water partition coefficient (Wildman–Crippen LogP) is 5.61. The van der Waals surface area contributed by atoms with Crippen molar-refractivity contribution in [3.63, 3.8) is 0 Å². The summed E-state index contributed by atoms with van der Waals surface area (Å²) in [4.78, 5) is 28.3. The van der Waals surface area contributed by atoms with E-state index in [2.05, 4.69) is 22.8 Å². The molecule has 1 saturated heterocycles. The van der Waals surface area contributed by atoms with E-state index in [4.69, 9.17) is 11.6 Å². The molecule has 38 heavy (non-hydrogen) atoms. The quantitative estimate of drug-likeness (QED) is 0.388. The number of fused-ring (bicyclic) bond motifs is 2. The van der Waals surface area contributed by atoms with E-state index in [0.717, 1.165) is 48.1 Å². The average Bonchev–Trinajstić information content (AvgIpc) is 3.41. The molecule has 1 saturated carbocycles. The maximum Gasteiger partial charge on any atom is 0.237 e. The fraction of sp³-hybridized carbons (Fsp3) is 0.375. The van der Waals surface area contributed by atoms with Gasteiger partial charge in [-0.1, -0.05) is 78.3 Å². The van der Waals surface area contributed by atoms with Crippen molar-refractivity contribution < 1.29 is 14.7 Å². The Morgan fingerprint density at radius 1 is 0.947 bits per heavy atom. The van der Waals surface area contributed by atoms with E-state index in [0.29, 0.717) is 17.9 Å². The van der Waals surface area contributed by atoms with E-state index < -0.39 is 11.5 Å². The van der Waals surface area contributed by atoms with Crippen LogP contribution in [0.5, 0.6) is 0 Å². The minimum absolute atomic E-state index is 0.0897. The van der Waals surface area contributed by atoms with Gasteiger partial charge < -0.3 is 10.4 Å². The molecule has 2 aliphatic heterocycles. The maximum atomic E-state index is 14.2. The zero-order chi connectivity index (χ0) is 26.3. The van der Waals surface area contributed by atoms with Gasteiger partial charge in [-0.05, 0) is 66.8 Å². The first-order valence-electron chi connectivity index (χ1n) is 13.6. The molecule has 0 radical (unpaired) electrons. The van der Waals surface area contributed by atoms with E-state index >= 15 is 0 Å². The summed E-state index contributed by atoms with van der Waals surface area (Å²) in [5.74, 6) is 0.0352. The SMILES string of the molecule is O=C(CC1CCC(O)CC1)[C@@H]1N[C@@H](c2ccccc2)[C@@]2(C(=O)Nc3cc(Cl)ccc32)C1Cc1ccccc1. The van der Waals surface area contributed by atoms with Crippen LogP contribution in [0, 0.1) is 11.8 Å². The molecule has 2 fully saturated rings. The molecule has 6 heteroatoms. The van der Waals surface area contributed by atoms with Crippen LogP contribution < -0.4 is 10.6 Å². The van der Waals surface area contributed by atoms with Gasteiger partial charge in [-0.3, -0.25) is 14.9 Å². The van der Waals surface area contributed by atoms with Gasteiger partial charge in [0.2, 0.25) is 5.91 Å². The van der Waals surface area contributed by atoms with Crippen molar-refractivity contribution in [2.75, 3.05) is 5.32 Å².